The van der Waals surface area contributed by atoms with Gasteiger partial charge < -0.3 is 30.3 Å². The van der Waals surface area contributed by atoms with E-state index in [1.165, 1.54) is 33.2 Å². The number of thiazole rings is 2. The van der Waals surface area contributed by atoms with Crippen LogP contribution in [-0.4, -0.2) is 110 Å². The Bertz CT molecular complexity index is 4740. The number of likely N-dealkylation sites (N-methyl/N-ethyl adjacent to an activating group) is 1. The average molecular weight is 1260 g/mol. The average Bonchev–Trinajstić information content (AvgIpc) is 1.58. The first kappa shape index (κ1) is 58.2. The minimum absolute atomic E-state index is 0.108. The molecule has 13 rings (SSSR count). The lowest BCUT2D eigenvalue weighted by Gasteiger charge is -2.28. The van der Waals surface area contributed by atoms with Crippen LogP contribution in [0, 0.1) is 0 Å². The van der Waals surface area contributed by atoms with Crippen molar-refractivity contribution in [2.75, 3.05) is 58.3 Å². The van der Waals surface area contributed by atoms with Crippen molar-refractivity contribution in [3.05, 3.63) is 139 Å². The molecule has 0 bridgehead atoms. The number of aromatic nitrogens is 8. The topological polar surface area (TPSA) is 302 Å². The zero-order valence-corrected chi connectivity index (χ0v) is 52.3. The summed E-state index contributed by atoms with van der Waals surface area (Å²) in [6.07, 6.45) is 6.86. The molecule has 0 radical (unpaired) electrons. The molecule has 8 heterocycles. The van der Waals surface area contributed by atoms with Crippen LogP contribution in [0.15, 0.2) is 136 Å². The number of rotatable bonds is 18. The highest BCUT2D eigenvalue weighted by Crippen LogP contribution is 2.56. The van der Waals surface area contributed by atoms with E-state index >= 15 is 0 Å². The molecule has 24 nitrogen and oxygen atoms in total. The largest absolute Gasteiger partial charge is 0.368 e. The van der Waals surface area contributed by atoms with Crippen molar-refractivity contribution in [2.24, 2.45) is 0 Å². The molecule has 2 unspecified atom stereocenters. The van der Waals surface area contributed by atoms with Gasteiger partial charge in [0.2, 0.25) is 20.0 Å². The number of amides is 4. The number of nitrogens with zero attached hydrogens (tertiary/aromatic N) is 9. The summed E-state index contributed by atoms with van der Waals surface area (Å²) in [4.78, 5) is 47.9. The Morgan fingerprint density at radius 3 is 1.51 bits per heavy atom. The number of nitrogens with one attached hydrogen (secondary N) is 7. The van der Waals surface area contributed by atoms with Crippen LogP contribution in [-0.2, 0) is 30.9 Å². The Labute approximate surface area is 513 Å². The van der Waals surface area contributed by atoms with Gasteiger partial charge in [-0.1, -0.05) is 111 Å². The smallest absolute Gasteiger partial charge is 0.324 e. The second-order valence-corrected chi connectivity index (χ2v) is 30.1. The van der Waals surface area contributed by atoms with Gasteiger partial charge >= 0.3 is 12.1 Å². The summed E-state index contributed by atoms with van der Waals surface area (Å²) >= 11 is 2.86. The standard InChI is InChI=1S/C60H62N16O8S4/c1-57(2,3)45-27-49(71-83-45)69-53(77)63-37-15-9-35(10-16-37)41-30-75-43-21-23-47(67-51(43)85-55(75)65-41)61-32-59(25-26-59)73-88(81,82)39-19-13-34(14-20-39)40-29-60(40,74(7)87(8,79)80)33-62-48-24-22-44-52(68-48)86-56-66-42(31-76(44)56)36-11-17-38(18-12-36)64-54(78)70-50-28-46(84-72-50)58(4,5)6/h9-24,27-28,30-31,40,73H,25-26,29,32-33H2,1-8H3,(H,61,67)(H,62,68)(H2,63,69,71,77)(H2,64,70,72,78). The number of urea groups is 2. The van der Waals surface area contributed by atoms with Crippen LogP contribution in [0.25, 0.3) is 53.1 Å². The second-order valence-electron chi connectivity index (χ2n) is 24.5. The molecule has 2 fully saturated rings. The van der Waals surface area contributed by atoms with E-state index in [1.807, 2.05) is 111 Å². The van der Waals surface area contributed by atoms with Crippen molar-refractivity contribution in [3.63, 3.8) is 0 Å². The number of hydrogen-bond acceptors (Lipinski definition) is 18. The molecule has 2 aliphatic carbocycles. The number of carbonyl (C=O) groups excluding carboxylic acids is 2. The van der Waals surface area contributed by atoms with Crippen LogP contribution >= 0.6 is 22.7 Å². The molecule has 7 N–H and O–H groups in total. The fourth-order valence-corrected chi connectivity index (χ4v) is 14.9. The second kappa shape index (κ2) is 21.5. The molecule has 8 aromatic heterocycles. The molecule has 28 heteroatoms. The number of benzene rings is 3. The maximum absolute atomic E-state index is 13.9. The number of carbonyl (C=O) groups is 2. The first-order chi connectivity index (χ1) is 41.8. The van der Waals surface area contributed by atoms with Gasteiger partial charge in [0.05, 0.1) is 44.7 Å². The van der Waals surface area contributed by atoms with E-state index in [0.717, 1.165) is 58.7 Å². The van der Waals surface area contributed by atoms with Crippen molar-refractivity contribution < 1.29 is 35.5 Å². The number of imidazole rings is 2. The molecule has 0 aliphatic heterocycles. The number of fused-ring (bicyclic) bond motifs is 6. The summed E-state index contributed by atoms with van der Waals surface area (Å²) in [6, 6.07) is 31.6. The molecular formula is C60H62N16O8S4. The summed E-state index contributed by atoms with van der Waals surface area (Å²) in [7, 11) is -6.01. The van der Waals surface area contributed by atoms with Gasteiger partial charge in [0.1, 0.15) is 32.8 Å². The van der Waals surface area contributed by atoms with Crippen LogP contribution in [0.4, 0.5) is 44.2 Å². The Balaban J connectivity index is 0.610. The van der Waals surface area contributed by atoms with Crippen molar-refractivity contribution >= 4 is 120 Å². The van der Waals surface area contributed by atoms with E-state index in [0.29, 0.717) is 72.0 Å². The first-order valence-electron chi connectivity index (χ1n) is 28.2. The Morgan fingerprint density at radius 1 is 0.614 bits per heavy atom. The van der Waals surface area contributed by atoms with E-state index in [-0.39, 0.29) is 28.2 Å². The van der Waals surface area contributed by atoms with Gasteiger partial charge in [-0.05, 0) is 85.5 Å². The molecule has 454 valence electrons. The van der Waals surface area contributed by atoms with E-state index in [9.17, 15) is 26.4 Å². The molecule has 11 aromatic rings. The molecule has 0 saturated heterocycles. The van der Waals surface area contributed by atoms with Gasteiger partial charge in [0, 0.05) is 83.9 Å². The van der Waals surface area contributed by atoms with Gasteiger partial charge in [-0.3, -0.25) is 19.4 Å². The fraction of sp³-hybridized carbons (Fsp3) is 0.300. The Hall–Kier alpha value is -8.80. The van der Waals surface area contributed by atoms with E-state index in [1.54, 1.807) is 67.7 Å². The van der Waals surface area contributed by atoms with Gasteiger partial charge in [0.25, 0.3) is 0 Å². The summed E-state index contributed by atoms with van der Waals surface area (Å²) in [5, 5.41) is 25.7. The SMILES string of the molecule is CN(C1(CNc2ccc3c(n2)sc2nc(-c4ccc(NC(=O)Nc5cc(C(C)(C)C)on5)cc4)cn23)CC1c1ccc(S(=O)(=O)NC2(CNc3ccc4c(n3)sc3nc(-c5ccc(NC(=O)Nc6cc(C(C)(C)C)on6)cc5)cn34)CC2)cc1)S(C)(=O)=O. The molecule has 2 saturated carbocycles. The Morgan fingerprint density at radius 2 is 1.08 bits per heavy atom. The van der Waals surface area contributed by atoms with Crippen molar-refractivity contribution in [3.8, 4) is 22.5 Å². The van der Waals surface area contributed by atoms with Gasteiger partial charge in [-0.15, -0.1) is 0 Å². The first-order valence-corrected chi connectivity index (χ1v) is 33.2. The van der Waals surface area contributed by atoms with E-state index in [4.69, 9.17) is 29.0 Å². The lowest BCUT2D eigenvalue weighted by molar-refractivity contribution is 0.261. The summed E-state index contributed by atoms with van der Waals surface area (Å²) < 4.78 is 73.2. The molecule has 3 aromatic carbocycles. The minimum Gasteiger partial charge on any atom is -0.368 e. The van der Waals surface area contributed by atoms with Gasteiger partial charge in [-0.25, -0.2) is 51.1 Å². The third-order valence-electron chi connectivity index (χ3n) is 15.9. The highest BCUT2D eigenvalue weighted by atomic mass is 32.2. The number of sulfonamides is 2. The zero-order chi connectivity index (χ0) is 61.7. The number of anilines is 6. The number of pyridine rings is 2. The highest BCUT2D eigenvalue weighted by molar-refractivity contribution is 7.89. The monoisotopic (exact) mass is 1260 g/mol. The summed E-state index contributed by atoms with van der Waals surface area (Å²) in [6.45, 7) is 12.6. The van der Waals surface area contributed by atoms with Crippen LogP contribution in [0.3, 0.4) is 0 Å². The van der Waals surface area contributed by atoms with Crippen molar-refractivity contribution in [1.82, 2.24) is 48.1 Å². The maximum atomic E-state index is 13.9. The summed E-state index contributed by atoms with van der Waals surface area (Å²) in [5.74, 6) is 2.91. The van der Waals surface area contributed by atoms with E-state index in [2.05, 4.69) is 46.9 Å². The predicted octanol–water partition coefficient (Wildman–Crippen LogP) is 11.5. The molecule has 2 atom stereocenters. The molecule has 0 spiro atoms. The van der Waals surface area contributed by atoms with Gasteiger partial charge in [-0.2, -0.15) is 4.31 Å². The third-order valence-corrected chi connectivity index (χ3v) is 20.8. The van der Waals surface area contributed by atoms with Gasteiger partial charge in [0.15, 0.2) is 21.6 Å². The normalized spacial score (nSPS) is 16.8. The maximum Gasteiger partial charge on any atom is 0.324 e. The minimum atomic E-state index is -3.94. The van der Waals surface area contributed by atoms with Crippen molar-refractivity contribution in [1.29, 1.82) is 0 Å². The van der Waals surface area contributed by atoms with Crippen LogP contribution in [0.2, 0.25) is 0 Å². The van der Waals surface area contributed by atoms with Crippen LogP contribution in [0.5, 0.6) is 0 Å². The lowest BCUT2D eigenvalue weighted by atomic mass is 9.93. The molecule has 2 aliphatic rings. The zero-order valence-electron chi connectivity index (χ0n) is 49.1. The predicted molar refractivity (Wildman–Crippen MR) is 342 cm³/mol. The highest BCUT2D eigenvalue weighted by Gasteiger charge is 2.60. The molecule has 88 heavy (non-hydrogen) atoms. The van der Waals surface area contributed by atoms with Crippen molar-refractivity contribution in [2.45, 2.75) is 93.5 Å². The quantitative estimate of drug-likeness (QED) is 0.0420. The fourth-order valence-electron chi connectivity index (χ4n) is 10.5. The lowest BCUT2D eigenvalue weighted by Crippen LogP contribution is -2.44. The molecular weight excluding hydrogens is 1200 g/mol. The Kier molecular flexibility index (Phi) is 14.2. The van der Waals surface area contributed by atoms with Crippen LogP contribution in [0.1, 0.15) is 83.8 Å². The summed E-state index contributed by atoms with van der Waals surface area (Å²) in [5.41, 5.74) is 4.90. The third kappa shape index (κ3) is 11.8. The number of hydrogen-bond donors (Lipinski definition) is 7. The van der Waals surface area contributed by atoms with Crippen LogP contribution < -0.4 is 36.6 Å². The van der Waals surface area contributed by atoms with E-state index < -0.39 is 43.2 Å². The molecule has 4 amide bonds.